The van der Waals surface area contributed by atoms with E-state index in [-0.39, 0.29) is 6.03 Å². The maximum atomic E-state index is 12.4. The molecule has 25 heavy (non-hydrogen) atoms. The molecule has 2 heterocycles. The molecule has 2 atom stereocenters. The Morgan fingerprint density at radius 2 is 2.12 bits per heavy atom. The van der Waals surface area contributed by atoms with Crippen LogP contribution < -0.4 is 5.32 Å². The highest BCUT2D eigenvalue weighted by Crippen LogP contribution is 2.32. The van der Waals surface area contributed by atoms with E-state index in [1.807, 2.05) is 17.4 Å². The van der Waals surface area contributed by atoms with Crippen molar-refractivity contribution in [2.75, 3.05) is 19.6 Å². The van der Waals surface area contributed by atoms with E-state index in [1.165, 1.54) is 5.56 Å². The molecule has 0 spiro atoms. The molecule has 1 aromatic heterocycles. The van der Waals surface area contributed by atoms with Gasteiger partial charge in [-0.1, -0.05) is 37.3 Å². The number of hydrogen-bond acceptors (Lipinski definition) is 2. The standard InChI is InChI=1S/C20H28N4O/c1-17-15-24(13-9-19(17)18-7-3-2-4-8-18)20(25)22-10-5-6-12-23-14-11-21-16-23/h2-4,7-8,11,14,16-17,19H,5-6,9-10,12-13,15H2,1H3,(H,22,25)/t17-,19-/m0/s1. The van der Waals surface area contributed by atoms with Crippen LogP contribution in [-0.2, 0) is 6.54 Å². The third-order valence-electron chi connectivity index (χ3n) is 5.10. The number of benzene rings is 1. The third kappa shape index (κ3) is 4.84. The average Bonchev–Trinajstić information content (AvgIpc) is 3.15. The predicted octanol–water partition coefficient (Wildman–Crippen LogP) is 3.50. The minimum absolute atomic E-state index is 0.0843. The SMILES string of the molecule is C[C@H]1CN(C(=O)NCCCCn2ccnc2)CC[C@@H]1c1ccccc1. The Kier molecular flexibility index (Phi) is 6.09. The van der Waals surface area contributed by atoms with Crippen molar-refractivity contribution in [1.29, 1.82) is 0 Å². The number of rotatable bonds is 6. The molecule has 1 aliphatic rings. The van der Waals surface area contributed by atoms with E-state index >= 15 is 0 Å². The Labute approximate surface area is 150 Å². The van der Waals surface area contributed by atoms with Gasteiger partial charge in [0.05, 0.1) is 6.33 Å². The number of nitrogens with one attached hydrogen (secondary N) is 1. The molecule has 1 fully saturated rings. The van der Waals surface area contributed by atoms with Crippen LogP contribution in [0.4, 0.5) is 4.79 Å². The highest BCUT2D eigenvalue weighted by Gasteiger charge is 2.29. The predicted molar refractivity (Wildman–Crippen MR) is 99.4 cm³/mol. The molecule has 1 N–H and O–H groups in total. The zero-order valence-electron chi connectivity index (χ0n) is 15.0. The van der Waals surface area contributed by atoms with Crippen LogP contribution >= 0.6 is 0 Å². The molecule has 5 heteroatoms. The first-order chi connectivity index (χ1) is 12.2. The number of imidazole rings is 1. The lowest BCUT2D eigenvalue weighted by atomic mass is 9.82. The number of nitrogens with zero attached hydrogens (tertiary/aromatic N) is 3. The zero-order valence-corrected chi connectivity index (χ0v) is 15.0. The molecule has 0 saturated carbocycles. The second kappa shape index (κ2) is 8.70. The van der Waals surface area contributed by atoms with Crippen molar-refractivity contribution >= 4 is 6.03 Å². The summed E-state index contributed by atoms with van der Waals surface area (Å²) in [5.74, 6) is 1.04. The molecule has 5 nitrogen and oxygen atoms in total. The fourth-order valence-corrected chi connectivity index (χ4v) is 3.67. The van der Waals surface area contributed by atoms with Gasteiger partial charge in [0.1, 0.15) is 0 Å². The average molecular weight is 340 g/mol. The highest BCUT2D eigenvalue weighted by molar-refractivity contribution is 5.74. The first-order valence-corrected chi connectivity index (χ1v) is 9.27. The Bertz CT molecular complexity index is 641. The molecule has 1 aromatic carbocycles. The summed E-state index contributed by atoms with van der Waals surface area (Å²) in [5.41, 5.74) is 1.40. The fourth-order valence-electron chi connectivity index (χ4n) is 3.67. The lowest BCUT2D eigenvalue weighted by Crippen LogP contribution is -2.47. The van der Waals surface area contributed by atoms with Crippen LogP contribution in [0.5, 0.6) is 0 Å². The third-order valence-corrected chi connectivity index (χ3v) is 5.10. The van der Waals surface area contributed by atoms with Crippen molar-refractivity contribution in [3.05, 3.63) is 54.6 Å². The van der Waals surface area contributed by atoms with Crippen LogP contribution in [0.3, 0.4) is 0 Å². The van der Waals surface area contributed by atoms with Crippen LogP contribution in [0.1, 0.15) is 37.7 Å². The molecular formula is C20H28N4O. The van der Waals surface area contributed by atoms with Crippen molar-refractivity contribution in [3.8, 4) is 0 Å². The lowest BCUT2D eigenvalue weighted by Gasteiger charge is -2.37. The van der Waals surface area contributed by atoms with Gasteiger partial charge in [-0.2, -0.15) is 0 Å². The minimum atomic E-state index is 0.0843. The molecular weight excluding hydrogens is 312 g/mol. The minimum Gasteiger partial charge on any atom is -0.338 e. The summed E-state index contributed by atoms with van der Waals surface area (Å²) < 4.78 is 2.07. The van der Waals surface area contributed by atoms with E-state index in [1.54, 1.807) is 6.20 Å². The first-order valence-electron chi connectivity index (χ1n) is 9.27. The topological polar surface area (TPSA) is 50.2 Å². The van der Waals surface area contributed by atoms with Gasteiger partial charge in [-0.15, -0.1) is 0 Å². The summed E-state index contributed by atoms with van der Waals surface area (Å²) in [6, 6.07) is 10.8. The molecule has 0 unspecified atom stereocenters. The Morgan fingerprint density at radius 3 is 2.84 bits per heavy atom. The number of aryl methyl sites for hydroxylation is 1. The maximum absolute atomic E-state index is 12.4. The van der Waals surface area contributed by atoms with Gasteiger partial charge >= 0.3 is 6.03 Å². The van der Waals surface area contributed by atoms with Crippen molar-refractivity contribution in [2.24, 2.45) is 5.92 Å². The van der Waals surface area contributed by atoms with Gasteiger partial charge in [0, 0.05) is 38.6 Å². The number of unbranched alkanes of at least 4 members (excludes halogenated alkanes) is 1. The van der Waals surface area contributed by atoms with E-state index in [9.17, 15) is 4.79 Å². The number of amides is 2. The first kappa shape index (κ1) is 17.5. The molecule has 1 aliphatic heterocycles. The van der Waals surface area contributed by atoms with E-state index < -0.39 is 0 Å². The number of aromatic nitrogens is 2. The molecule has 134 valence electrons. The quantitative estimate of drug-likeness (QED) is 0.818. The number of carbonyl (C=O) groups is 1. The second-order valence-electron chi connectivity index (χ2n) is 6.97. The Balaban J connectivity index is 1.37. The van der Waals surface area contributed by atoms with Crippen LogP contribution in [0.15, 0.2) is 49.1 Å². The second-order valence-corrected chi connectivity index (χ2v) is 6.97. The smallest absolute Gasteiger partial charge is 0.317 e. The molecule has 2 aromatic rings. The van der Waals surface area contributed by atoms with Crippen molar-refractivity contribution < 1.29 is 4.79 Å². The van der Waals surface area contributed by atoms with Crippen molar-refractivity contribution in [1.82, 2.24) is 19.8 Å². The summed E-state index contributed by atoms with van der Waals surface area (Å²) in [6.07, 6.45) is 8.66. The van der Waals surface area contributed by atoms with E-state index in [2.05, 4.69) is 52.1 Å². The van der Waals surface area contributed by atoms with Gasteiger partial charge < -0.3 is 14.8 Å². The van der Waals surface area contributed by atoms with Gasteiger partial charge in [0.15, 0.2) is 0 Å². The molecule has 0 bridgehead atoms. The maximum Gasteiger partial charge on any atom is 0.317 e. The van der Waals surface area contributed by atoms with Crippen molar-refractivity contribution in [2.45, 2.75) is 38.6 Å². The van der Waals surface area contributed by atoms with Gasteiger partial charge in [-0.05, 0) is 36.7 Å². The van der Waals surface area contributed by atoms with Gasteiger partial charge in [-0.3, -0.25) is 0 Å². The van der Waals surface area contributed by atoms with Gasteiger partial charge in [0.2, 0.25) is 0 Å². The van der Waals surface area contributed by atoms with Crippen LogP contribution in [-0.4, -0.2) is 40.1 Å². The summed E-state index contributed by atoms with van der Waals surface area (Å²) in [7, 11) is 0. The Hall–Kier alpha value is -2.30. The number of piperidine rings is 1. The van der Waals surface area contributed by atoms with E-state index in [0.29, 0.717) is 11.8 Å². The normalized spacial score (nSPS) is 20.4. The number of urea groups is 1. The zero-order chi connectivity index (χ0) is 17.5. The van der Waals surface area contributed by atoms with E-state index in [4.69, 9.17) is 0 Å². The summed E-state index contributed by atoms with van der Waals surface area (Å²) in [4.78, 5) is 18.4. The molecule has 3 rings (SSSR count). The number of likely N-dealkylation sites (tertiary alicyclic amines) is 1. The highest BCUT2D eigenvalue weighted by atomic mass is 16.2. The number of hydrogen-bond donors (Lipinski definition) is 1. The number of carbonyl (C=O) groups excluding carboxylic acids is 1. The molecule has 2 amide bonds. The van der Waals surface area contributed by atoms with Crippen LogP contribution in [0, 0.1) is 5.92 Å². The summed E-state index contributed by atoms with van der Waals surface area (Å²) in [6.45, 7) is 5.61. The molecule has 0 aliphatic carbocycles. The van der Waals surface area contributed by atoms with Gasteiger partial charge in [0.25, 0.3) is 0 Å². The lowest BCUT2D eigenvalue weighted by molar-refractivity contribution is 0.159. The summed E-state index contributed by atoms with van der Waals surface area (Å²) in [5, 5.41) is 3.07. The Morgan fingerprint density at radius 1 is 1.28 bits per heavy atom. The molecule has 1 saturated heterocycles. The van der Waals surface area contributed by atoms with Crippen LogP contribution in [0.25, 0.3) is 0 Å². The molecule has 0 radical (unpaired) electrons. The summed E-state index contributed by atoms with van der Waals surface area (Å²) >= 11 is 0. The van der Waals surface area contributed by atoms with Crippen LogP contribution in [0.2, 0.25) is 0 Å². The largest absolute Gasteiger partial charge is 0.338 e. The monoisotopic (exact) mass is 340 g/mol. The van der Waals surface area contributed by atoms with Crippen molar-refractivity contribution in [3.63, 3.8) is 0 Å². The fraction of sp³-hybridized carbons (Fsp3) is 0.500. The van der Waals surface area contributed by atoms with Gasteiger partial charge in [-0.25, -0.2) is 9.78 Å². The van der Waals surface area contributed by atoms with E-state index in [0.717, 1.165) is 45.4 Å².